The van der Waals surface area contributed by atoms with Gasteiger partial charge in [0.1, 0.15) is 86.1 Å². The Morgan fingerprint density at radius 3 is 1.02 bits per heavy atom. The number of nitrogens with one attached hydrogen (secondary N) is 2. The molecule has 7 aliphatic rings. The summed E-state index contributed by atoms with van der Waals surface area (Å²) in [6, 6.07) is 36.0. The van der Waals surface area contributed by atoms with Crippen molar-refractivity contribution in [2.45, 2.75) is 131 Å². The van der Waals surface area contributed by atoms with Crippen molar-refractivity contribution in [2.24, 2.45) is 0 Å². The predicted octanol–water partition coefficient (Wildman–Crippen LogP) is 12.9. The van der Waals surface area contributed by atoms with E-state index in [1.165, 1.54) is 25.9 Å². The van der Waals surface area contributed by atoms with Gasteiger partial charge >= 0.3 is 0 Å². The van der Waals surface area contributed by atoms with Crippen LogP contribution in [0.2, 0.25) is 0 Å². The number of carbonyl (C=O) groups is 10. The molecule has 17 rings (SSSR count). The topological polar surface area (TPSA) is 307 Å². The van der Waals surface area contributed by atoms with Crippen molar-refractivity contribution in [3.05, 3.63) is 207 Å². The number of aromatic nitrogens is 10. The van der Waals surface area contributed by atoms with Gasteiger partial charge in [0, 0.05) is 113 Å². The average molecular weight is 1570 g/mol. The number of hydrogen-bond donors (Lipinski definition) is 2. The number of benzene rings is 5. The molecule has 7 heterocycles. The van der Waals surface area contributed by atoms with Crippen LogP contribution in [0.5, 0.6) is 0 Å². The maximum Gasteiger partial charge on any atom is 0.252 e. The lowest BCUT2D eigenvalue weighted by Gasteiger charge is -2.26. The van der Waals surface area contributed by atoms with E-state index < -0.39 is 57.8 Å². The largest absolute Gasteiger partial charge is 0.379 e. The number of ether oxygens (including phenoxy) is 1. The smallest absolute Gasteiger partial charge is 0.252 e. The number of fused-ring (bicyclic) bond motifs is 15. The molecule has 2 N–H and O–H groups in total. The van der Waals surface area contributed by atoms with Gasteiger partial charge in [-0.15, -0.1) is 0 Å². The lowest BCUT2D eigenvalue weighted by Crippen LogP contribution is -2.37. The minimum atomic E-state index is -0.511. The van der Waals surface area contributed by atoms with Crippen LogP contribution in [0, 0.1) is 0 Å². The fourth-order valence-electron chi connectivity index (χ4n) is 15.9. The van der Waals surface area contributed by atoms with Gasteiger partial charge in [0.15, 0.2) is 0 Å². The molecule has 5 aromatic heterocycles. The summed E-state index contributed by atoms with van der Waals surface area (Å²) < 4.78 is 11.3. The second kappa shape index (κ2) is 35.4. The first-order valence-corrected chi connectivity index (χ1v) is 40.1. The van der Waals surface area contributed by atoms with E-state index in [-0.39, 0.29) is 23.8 Å². The summed E-state index contributed by atoms with van der Waals surface area (Å²) in [4.78, 5) is 165. The second-order valence-electron chi connectivity index (χ2n) is 31.9. The Labute approximate surface area is 675 Å². The molecule has 10 aromatic rings. The van der Waals surface area contributed by atoms with Crippen molar-refractivity contribution < 1.29 is 52.7 Å². The van der Waals surface area contributed by atoms with Crippen LogP contribution in [0.15, 0.2) is 121 Å². The van der Waals surface area contributed by atoms with Crippen LogP contribution in [-0.4, -0.2) is 232 Å². The van der Waals surface area contributed by atoms with E-state index in [2.05, 4.69) is 76.2 Å². The van der Waals surface area contributed by atoms with Crippen molar-refractivity contribution in [1.82, 2.24) is 73.1 Å². The summed E-state index contributed by atoms with van der Waals surface area (Å²) in [7, 11) is 11.8. The second-order valence-corrected chi connectivity index (χ2v) is 31.9. The molecule has 26 heteroatoms. The highest BCUT2D eigenvalue weighted by molar-refractivity contribution is 6.55. The fraction of sp³-hybridized carbons (Fsp3) is 0.389. The van der Waals surface area contributed by atoms with E-state index in [4.69, 9.17) is 19.7 Å². The highest BCUT2D eigenvalue weighted by Crippen LogP contribution is 2.40. The average Bonchev–Trinajstić information content (AvgIpc) is 1.59. The summed E-state index contributed by atoms with van der Waals surface area (Å²) >= 11 is 0. The molecule has 2 saturated heterocycles. The van der Waals surface area contributed by atoms with Crippen molar-refractivity contribution in [2.75, 3.05) is 101 Å². The maximum absolute atomic E-state index is 12.9. The highest BCUT2D eigenvalue weighted by atomic mass is 16.5. The monoisotopic (exact) mass is 1570 g/mol. The summed E-state index contributed by atoms with van der Waals surface area (Å²) in [6.45, 7) is 25.8. The normalized spacial score (nSPS) is 15.5. The molecule has 602 valence electrons. The van der Waals surface area contributed by atoms with Gasteiger partial charge in [-0.3, -0.25) is 57.7 Å². The molecule has 2 aliphatic heterocycles. The number of carbonyl (C=O) groups excluding carboxylic acids is 10. The van der Waals surface area contributed by atoms with Gasteiger partial charge in [-0.1, -0.05) is 163 Å². The Morgan fingerprint density at radius 2 is 0.672 bits per heavy atom. The summed E-state index contributed by atoms with van der Waals surface area (Å²) in [5, 5.41) is 0. The molecular weight excluding hydrogens is 1470 g/mol. The number of Topliss-reactive ketones (excluding diaryl/α,β-unsaturated/α-hetero) is 10. The van der Waals surface area contributed by atoms with Crippen LogP contribution >= 0.6 is 0 Å². The molecule has 5 aliphatic carbocycles. The SMILES string of the molecule is CC(C)c1nc2c(n1CCCN(C)C)C(=O)C(=O)c1ccccc1-2.CC(C)c1nc2c(n1CCCN1CCCC1)C(=O)C(=O)c1ccccc1-2.CC(C)c1nc2c(n1CCCN1CCOCC1)C(=O)C(=O)c1ccccc1-2.CC(c1nc2c([nH]1)C(=O)C(=O)c1ccccc1-2)N(C)C.CN(C)Cc1nc2c([nH]1)C(=O)C(=O)c1ccccc1-2. The number of likely N-dealkylation sites (tertiary alicyclic amines) is 1. The molecule has 0 saturated carbocycles. The molecule has 1 unspecified atom stereocenters. The van der Waals surface area contributed by atoms with Gasteiger partial charge in [0.2, 0.25) is 28.9 Å². The van der Waals surface area contributed by atoms with Crippen LogP contribution in [-0.2, 0) is 30.9 Å². The molecule has 5 aromatic carbocycles. The number of ketones is 10. The first-order valence-electron chi connectivity index (χ1n) is 40.1. The predicted molar refractivity (Wildman–Crippen MR) is 441 cm³/mol. The van der Waals surface area contributed by atoms with Gasteiger partial charge in [0.05, 0.1) is 25.8 Å². The number of imidazole rings is 5. The molecule has 0 radical (unpaired) electrons. The number of morpholine rings is 1. The zero-order chi connectivity index (χ0) is 82.7. The zero-order valence-electron chi connectivity index (χ0n) is 68.4. The van der Waals surface area contributed by atoms with Crippen LogP contribution in [0.3, 0.4) is 0 Å². The molecule has 116 heavy (non-hydrogen) atoms. The van der Waals surface area contributed by atoms with Gasteiger partial charge in [-0.2, -0.15) is 0 Å². The molecule has 0 amide bonds. The highest BCUT2D eigenvalue weighted by Gasteiger charge is 2.41. The minimum absolute atomic E-state index is 0.0377. The van der Waals surface area contributed by atoms with E-state index in [1.54, 1.807) is 60.7 Å². The van der Waals surface area contributed by atoms with Gasteiger partial charge in [-0.05, 0) is 107 Å². The summed E-state index contributed by atoms with van der Waals surface area (Å²) in [5.74, 6) is 0.0622. The molecule has 0 spiro atoms. The Kier molecular flexibility index (Phi) is 25.2. The number of rotatable bonds is 19. The molecular formula is C90H101N15O11. The Balaban J connectivity index is 0.000000127. The Bertz CT molecular complexity index is 5490. The summed E-state index contributed by atoms with van der Waals surface area (Å²) in [5.41, 5.74) is 11.2. The van der Waals surface area contributed by atoms with E-state index in [0.717, 1.165) is 117 Å². The van der Waals surface area contributed by atoms with Crippen LogP contribution < -0.4 is 0 Å². The first kappa shape index (κ1) is 82.6. The third-order valence-corrected chi connectivity index (χ3v) is 21.9. The zero-order valence-corrected chi connectivity index (χ0v) is 68.4. The minimum Gasteiger partial charge on any atom is -0.379 e. The number of H-pyrrole nitrogens is 2. The quantitative estimate of drug-likeness (QED) is 0.0711. The standard InChI is InChI=1S/C21H25N3O3.C21H25N3O2.C19H23N3O2.C15H15N3O2.C14H13N3O2/c1-14(2)21-22-17-15-6-3-4-7-16(15)19(25)20(26)18(17)24(21)9-5-8-23-10-12-27-13-11-23;1-14(2)21-22-17-15-8-3-4-9-16(15)19(25)20(26)18(17)24(21)13-7-12-23-10-5-6-11-23;1-12(2)19-20-15-13-8-5-6-9-14(13)17(23)18(24)16(15)22(19)11-7-10-21(3)4;1-8(18(2)3)15-16-11-9-6-4-5-7-10(9)13(19)14(20)12(11)17-15;1-17(2)7-10-15-11-8-5-3-4-6-9(8)13(18)14(19)12(11)16-10/h3-4,6-7,14H,5,8-13H2,1-2H3;3-4,8-9,14H,5-7,10-13H2,1-2H3;5-6,8-9,12H,7,10-11H2,1-4H3;4-8H,1-3H3,(H,16,17);3-6H,7H2,1-2H3,(H,15,16). The lowest BCUT2D eigenvalue weighted by molar-refractivity contribution is 0.0369. The summed E-state index contributed by atoms with van der Waals surface area (Å²) in [6.07, 6.45) is 5.33. The molecule has 2 fully saturated rings. The van der Waals surface area contributed by atoms with Gasteiger partial charge in [0.25, 0.3) is 28.9 Å². The van der Waals surface area contributed by atoms with Crippen LogP contribution in [0.1, 0.15) is 238 Å². The Hall–Kier alpha value is -11.4. The van der Waals surface area contributed by atoms with E-state index in [0.29, 0.717) is 116 Å². The third kappa shape index (κ3) is 16.6. The number of nitrogens with zero attached hydrogens (tertiary/aromatic N) is 13. The van der Waals surface area contributed by atoms with Crippen molar-refractivity contribution in [1.29, 1.82) is 0 Å². The van der Waals surface area contributed by atoms with Crippen LogP contribution in [0.4, 0.5) is 0 Å². The van der Waals surface area contributed by atoms with Gasteiger partial charge in [-0.25, -0.2) is 24.9 Å². The fourth-order valence-corrected chi connectivity index (χ4v) is 15.9. The van der Waals surface area contributed by atoms with E-state index >= 15 is 0 Å². The first-order chi connectivity index (χ1) is 55.6. The van der Waals surface area contributed by atoms with Crippen molar-refractivity contribution in [3.8, 4) is 56.3 Å². The van der Waals surface area contributed by atoms with Crippen molar-refractivity contribution >= 4 is 57.8 Å². The molecule has 0 bridgehead atoms. The van der Waals surface area contributed by atoms with Crippen LogP contribution in [0.25, 0.3) is 56.3 Å². The third-order valence-electron chi connectivity index (χ3n) is 21.9. The molecule has 1 atom stereocenters. The van der Waals surface area contributed by atoms with E-state index in [1.807, 2.05) is 133 Å². The Morgan fingerprint density at radius 1 is 0.353 bits per heavy atom. The lowest BCUT2D eigenvalue weighted by atomic mass is 9.90. The number of aromatic amines is 2. The maximum atomic E-state index is 12.9. The van der Waals surface area contributed by atoms with Crippen molar-refractivity contribution in [3.63, 3.8) is 0 Å². The molecule has 26 nitrogen and oxygen atoms in total. The van der Waals surface area contributed by atoms with E-state index in [9.17, 15) is 47.9 Å². The number of hydrogen-bond acceptors (Lipinski definition) is 21. The van der Waals surface area contributed by atoms with Gasteiger partial charge < -0.3 is 43.1 Å².